The van der Waals surface area contributed by atoms with Crippen LogP contribution in [0.5, 0.6) is 0 Å². The molecule has 7 heteroatoms. The van der Waals surface area contributed by atoms with E-state index in [0.29, 0.717) is 13.1 Å². The first-order valence-electron chi connectivity index (χ1n) is 8.04. The van der Waals surface area contributed by atoms with Crippen LogP contribution in [-0.2, 0) is 9.59 Å². The Hall–Kier alpha value is -2.41. The minimum Gasteiger partial charge on any atom is -0.345 e. The second-order valence-corrected chi connectivity index (χ2v) is 6.89. The highest BCUT2D eigenvalue weighted by Crippen LogP contribution is 2.34. The maximum absolute atomic E-state index is 12.6. The van der Waals surface area contributed by atoms with Crippen molar-refractivity contribution in [2.45, 2.75) is 12.3 Å². The minimum atomic E-state index is -0.370. The molecule has 0 radical (unpaired) electrons. The lowest BCUT2D eigenvalue weighted by atomic mass is 9.96. The summed E-state index contributed by atoms with van der Waals surface area (Å²) in [4.78, 5) is 33.2. The van der Waals surface area contributed by atoms with Gasteiger partial charge in [-0.1, -0.05) is 18.2 Å². The standard InChI is InChI=1S/C17H18N4O2S/c22-15(11-13-12-3-1-2-4-14(12)19-16(13)23)20-6-8-21(9-7-20)17-18-5-10-24-17/h1-5,10,13H,6-9,11H2,(H,19,23)/t13-/m1/s1. The monoisotopic (exact) mass is 342 g/mol. The highest BCUT2D eigenvalue weighted by molar-refractivity contribution is 7.13. The first-order valence-corrected chi connectivity index (χ1v) is 8.92. The molecule has 3 heterocycles. The molecule has 1 fully saturated rings. The molecule has 6 nitrogen and oxygen atoms in total. The largest absolute Gasteiger partial charge is 0.345 e. The molecule has 2 amide bonds. The van der Waals surface area contributed by atoms with Crippen LogP contribution in [0.3, 0.4) is 0 Å². The van der Waals surface area contributed by atoms with Crippen molar-refractivity contribution in [1.29, 1.82) is 0 Å². The minimum absolute atomic E-state index is 0.0469. The molecule has 124 valence electrons. The number of carbonyl (C=O) groups is 2. The van der Waals surface area contributed by atoms with Crippen molar-refractivity contribution in [2.24, 2.45) is 0 Å². The van der Waals surface area contributed by atoms with E-state index in [1.54, 1.807) is 17.5 Å². The number of thiazole rings is 1. The van der Waals surface area contributed by atoms with Crippen molar-refractivity contribution < 1.29 is 9.59 Å². The topological polar surface area (TPSA) is 65.5 Å². The number of amides is 2. The van der Waals surface area contributed by atoms with Gasteiger partial charge in [-0.05, 0) is 11.6 Å². The molecular weight excluding hydrogens is 324 g/mol. The zero-order valence-electron chi connectivity index (χ0n) is 13.1. The summed E-state index contributed by atoms with van der Waals surface area (Å²) < 4.78 is 0. The molecule has 2 aromatic rings. The molecule has 2 aliphatic rings. The van der Waals surface area contributed by atoms with Crippen LogP contribution in [0.1, 0.15) is 17.9 Å². The van der Waals surface area contributed by atoms with Crippen molar-refractivity contribution in [2.75, 3.05) is 36.4 Å². The van der Waals surface area contributed by atoms with Gasteiger partial charge in [0.05, 0.1) is 5.92 Å². The summed E-state index contributed by atoms with van der Waals surface area (Å²) in [5, 5.41) is 5.82. The van der Waals surface area contributed by atoms with Crippen molar-refractivity contribution >= 4 is 34.0 Å². The molecule has 1 aromatic heterocycles. The summed E-state index contributed by atoms with van der Waals surface area (Å²) in [5.41, 5.74) is 1.76. The lowest BCUT2D eigenvalue weighted by molar-refractivity contribution is -0.133. The molecule has 24 heavy (non-hydrogen) atoms. The van der Waals surface area contributed by atoms with E-state index in [2.05, 4.69) is 15.2 Å². The molecule has 0 spiro atoms. The van der Waals surface area contributed by atoms with Crippen LogP contribution in [-0.4, -0.2) is 47.9 Å². The van der Waals surface area contributed by atoms with E-state index in [-0.39, 0.29) is 24.2 Å². The van der Waals surface area contributed by atoms with E-state index in [4.69, 9.17) is 0 Å². The van der Waals surface area contributed by atoms with Crippen molar-refractivity contribution in [3.8, 4) is 0 Å². The Kier molecular flexibility index (Phi) is 3.93. The number of nitrogens with one attached hydrogen (secondary N) is 1. The first-order chi connectivity index (χ1) is 11.7. The quantitative estimate of drug-likeness (QED) is 0.925. The van der Waals surface area contributed by atoms with Gasteiger partial charge < -0.3 is 15.1 Å². The number of piperazine rings is 1. The smallest absolute Gasteiger partial charge is 0.232 e. The lowest BCUT2D eigenvalue weighted by Gasteiger charge is -2.35. The predicted molar refractivity (Wildman–Crippen MR) is 93.3 cm³/mol. The molecular formula is C17H18N4O2S. The van der Waals surface area contributed by atoms with Gasteiger partial charge in [0.2, 0.25) is 11.8 Å². The van der Waals surface area contributed by atoms with E-state index in [1.165, 1.54) is 0 Å². The Morgan fingerprint density at radius 3 is 2.79 bits per heavy atom. The number of rotatable bonds is 3. The number of aromatic nitrogens is 1. The van der Waals surface area contributed by atoms with Crippen LogP contribution in [0.15, 0.2) is 35.8 Å². The molecule has 0 unspecified atom stereocenters. The van der Waals surface area contributed by atoms with Gasteiger partial charge in [-0.15, -0.1) is 11.3 Å². The molecule has 0 saturated carbocycles. The number of fused-ring (bicyclic) bond motifs is 1. The summed E-state index contributed by atoms with van der Waals surface area (Å²) >= 11 is 1.62. The average molecular weight is 342 g/mol. The van der Waals surface area contributed by atoms with Crippen LogP contribution in [0.2, 0.25) is 0 Å². The van der Waals surface area contributed by atoms with Gasteiger partial charge in [-0.3, -0.25) is 9.59 Å². The second kappa shape index (κ2) is 6.24. The number of carbonyl (C=O) groups excluding carboxylic acids is 2. The normalized spacial score (nSPS) is 20.0. The fourth-order valence-corrected chi connectivity index (χ4v) is 4.00. The third kappa shape index (κ3) is 2.75. The van der Waals surface area contributed by atoms with Gasteiger partial charge in [0.1, 0.15) is 0 Å². The molecule has 2 aliphatic heterocycles. The summed E-state index contributed by atoms with van der Waals surface area (Å²) in [6.45, 7) is 2.92. The highest BCUT2D eigenvalue weighted by Gasteiger charge is 2.34. The predicted octanol–water partition coefficient (Wildman–Crippen LogP) is 1.92. The first kappa shape index (κ1) is 15.1. The lowest BCUT2D eigenvalue weighted by Crippen LogP contribution is -2.49. The van der Waals surface area contributed by atoms with Gasteiger partial charge >= 0.3 is 0 Å². The molecule has 1 atom stereocenters. The van der Waals surface area contributed by atoms with Crippen molar-refractivity contribution in [3.63, 3.8) is 0 Å². The van der Waals surface area contributed by atoms with Crippen LogP contribution in [0.4, 0.5) is 10.8 Å². The van der Waals surface area contributed by atoms with Crippen LogP contribution in [0.25, 0.3) is 0 Å². The maximum Gasteiger partial charge on any atom is 0.232 e. The van der Waals surface area contributed by atoms with E-state index in [0.717, 1.165) is 29.5 Å². The Bertz CT molecular complexity index is 754. The number of anilines is 2. The molecule has 1 saturated heterocycles. The summed E-state index contributed by atoms with van der Waals surface area (Å²) in [6.07, 6.45) is 2.04. The van der Waals surface area contributed by atoms with E-state index in [1.807, 2.05) is 34.5 Å². The average Bonchev–Trinajstić information content (AvgIpc) is 3.24. The Labute approximate surface area is 144 Å². The molecule has 0 aliphatic carbocycles. The second-order valence-electron chi connectivity index (χ2n) is 6.02. The van der Waals surface area contributed by atoms with Gasteiger partial charge in [0.15, 0.2) is 5.13 Å². The van der Waals surface area contributed by atoms with Gasteiger partial charge in [0.25, 0.3) is 0 Å². The number of hydrogen-bond acceptors (Lipinski definition) is 5. The van der Waals surface area contributed by atoms with E-state index >= 15 is 0 Å². The van der Waals surface area contributed by atoms with E-state index in [9.17, 15) is 9.59 Å². The van der Waals surface area contributed by atoms with Gasteiger partial charge in [-0.2, -0.15) is 0 Å². The summed E-state index contributed by atoms with van der Waals surface area (Å²) in [5.74, 6) is -0.401. The van der Waals surface area contributed by atoms with Crippen LogP contribution in [0, 0.1) is 0 Å². The van der Waals surface area contributed by atoms with Crippen molar-refractivity contribution in [1.82, 2.24) is 9.88 Å². The fourth-order valence-electron chi connectivity index (χ4n) is 3.30. The Balaban J connectivity index is 1.38. The zero-order valence-corrected chi connectivity index (χ0v) is 14.0. The number of nitrogens with zero attached hydrogens (tertiary/aromatic N) is 3. The van der Waals surface area contributed by atoms with Crippen LogP contribution >= 0.6 is 11.3 Å². The Morgan fingerprint density at radius 2 is 2.04 bits per heavy atom. The number of hydrogen-bond donors (Lipinski definition) is 1. The summed E-state index contributed by atoms with van der Waals surface area (Å²) in [6, 6.07) is 7.60. The Morgan fingerprint density at radius 1 is 1.25 bits per heavy atom. The van der Waals surface area contributed by atoms with Gasteiger partial charge in [0, 0.05) is 49.9 Å². The SMILES string of the molecule is O=C1Nc2ccccc2[C@H]1CC(=O)N1CCN(c2nccs2)CC1. The molecule has 0 bridgehead atoms. The zero-order chi connectivity index (χ0) is 16.5. The van der Waals surface area contributed by atoms with Gasteiger partial charge in [-0.25, -0.2) is 4.98 Å². The molecule has 4 rings (SSSR count). The fraction of sp³-hybridized carbons (Fsp3) is 0.353. The highest BCUT2D eigenvalue weighted by atomic mass is 32.1. The molecule has 1 aromatic carbocycles. The molecule has 1 N–H and O–H groups in total. The number of para-hydroxylation sites is 1. The van der Waals surface area contributed by atoms with Crippen molar-refractivity contribution in [3.05, 3.63) is 41.4 Å². The maximum atomic E-state index is 12.6. The summed E-state index contributed by atoms with van der Waals surface area (Å²) in [7, 11) is 0. The third-order valence-electron chi connectivity index (χ3n) is 4.61. The third-order valence-corrected chi connectivity index (χ3v) is 5.44. The number of benzene rings is 1. The van der Waals surface area contributed by atoms with Crippen LogP contribution < -0.4 is 10.2 Å². The van der Waals surface area contributed by atoms with E-state index < -0.39 is 0 Å².